The van der Waals surface area contributed by atoms with Crippen LogP contribution >= 0.6 is 0 Å². The van der Waals surface area contributed by atoms with Crippen molar-refractivity contribution in [3.8, 4) is 5.75 Å². The number of amides is 2. The van der Waals surface area contributed by atoms with Crippen molar-refractivity contribution in [2.45, 2.75) is 18.5 Å². The number of aliphatic carboxylic acids is 1. The van der Waals surface area contributed by atoms with Crippen LogP contribution in [0.25, 0.3) is 0 Å². The summed E-state index contributed by atoms with van der Waals surface area (Å²) in [4.78, 5) is 39.4. The molecule has 0 bridgehead atoms. The first-order chi connectivity index (χ1) is 12.9. The maximum atomic E-state index is 13.2. The summed E-state index contributed by atoms with van der Waals surface area (Å²) < 4.78 is 0. The van der Waals surface area contributed by atoms with Crippen molar-refractivity contribution in [2.24, 2.45) is 11.8 Å². The summed E-state index contributed by atoms with van der Waals surface area (Å²) in [5, 5.41) is 23.0. The van der Waals surface area contributed by atoms with E-state index < -0.39 is 41.2 Å². The number of hydrogen-bond donors (Lipinski definition) is 3. The van der Waals surface area contributed by atoms with E-state index in [0.29, 0.717) is 11.3 Å². The van der Waals surface area contributed by atoms with Crippen LogP contribution in [0.3, 0.4) is 0 Å². The van der Waals surface area contributed by atoms with Gasteiger partial charge in [0, 0.05) is 11.6 Å². The fraction of sp³-hybridized carbons (Fsp3) is 0.250. The Kier molecular flexibility index (Phi) is 3.78. The van der Waals surface area contributed by atoms with Crippen LogP contribution in [0.1, 0.15) is 18.5 Å². The number of aromatic hydroxyl groups is 1. The van der Waals surface area contributed by atoms with Crippen LogP contribution in [0.4, 0.5) is 5.69 Å². The number of rotatable bonds is 3. The Hall–Kier alpha value is -3.19. The number of benzene rings is 2. The number of hydrogen-bond acceptors (Lipinski definition) is 5. The van der Waals surface area contributed by atoms with Crippen molar-refractivity contribution in [2.75, 3.05) is 4.90 Å². The van der Waals surface area contributed by atoms with E-state index in [4.69, 9.17) is 0 Å². The molecule has 2 aliphatic heterocycles. The van der Waals surface area contributed by atoms with Crippen LogP contribution in [0.5, 0.6) is 5.75 Å². The molecule has 2 saturated heterocycles. The van der Waals surface area contributed by atoms with Gasteiger partial charge in [-0.15, -0.1) is 0 Å². The lowest BCUT2D eigenvalue weighted by Gasteiger charge is -2.27. The summed E-state index contributed by atoms with van der Waals surface area (Å²) in [5.41, 5.74) is -0.826. The summed E-state index contributed by atoms with van der Waals surface area (Å²) in [6, 6.07) is 14.1. The molecule has 2 heterocycles. The molecule has 3 N–H and O–H groups in total. The Morgan fingerprint density at radius 3 is 2.30 bits per heavy atom. The number of carboxylic acid groups (broad SMARTS) is 1. The second-order valence-corrected chi connectivity index (χ2v) is 7.04. The smallest absolute Gasteiger partial charge is 0.324 e. The van der Waals surface area contributed by atoms with Gasteiger partial charge in [-0.05, 0) is 25.1 Å². The third-order valence-electron chi connectivity index (χ3n) is 5.52. The van der Waals surface area contributed by atoms with Crippen molar-refractivity contribution >= 4 is 23.5 Å². The van der Waals surface area contributed by atoms with Crippen LogP contribution in [0.2, 0.25) is 0 Å². The average Bonchev–Trinajstić information content (AvgIpc) is 3.11. The third-order valence-corrected chi connectivity index (χ3v) is 5.52. The molecule has 4 atom stereocenters. The Morgan fingerprint density at radius 2 is 1.67 bits per heavy atom. The largest absolute Gasteiger partial charge is 0.508 e. The quantitative estimate of drug-likeness (QED) is 0.714. The highest BCUT2D eigenvalue weighted by atomic mass is 16.4. The van der Waals surface area contributed by atoms with Crippen LogP contribution < -0.4 is 10.2 Å². The molecule has 0 aromatic heterocycles. The zero-order valence-electron chi connectivity index (χ0n) is 14.5. The van der Waals surface area contributed by atoms with Crippen LogP contribution in [0.15, 0.2) is 54.6 Å². The van der Waals surface area contributed by atoms with Gasteiger partial charge >= 0.3 is 5.97 Å². The van der Waals surface area contributed by atoms with Gasteiger partial charge in [0.15, 0.2) is 0 Å². The van der Waals surface area contributed by atoms with E-state index in [1.165, 1.54) is 13.0 Å². The molecule has 7 heteroatoms. The predicted molar refractivity (Wildman–Crippen MR) is 95.9 cm³/mol. The van der Waals surface area contributed by atoms with Gasteiger partial charge in [0.05, 0.1) is 17.5 Å². The monoisotopic (exact) mass is 366 g/mol. The minimum absolute atomic E-state index is 0.0539. The molecule has 2 fully saturated rings. The molecular formula is C20H18N2O5. The topological polar surface area (TPSA) is 107 Å². The molecule has 27 heavy (non-hydrogen) atoms. The van der Waals surface area contributed by atoms with E-state index in [9.17, 15) is 24.6 Å². The predicted octanol–water partition coefficient (Wildman–Crippen LogP) is 1.69. The first kappa shape index (κ1) is 17.2. The van der Waals surface area contributed by atoms with E-state index in [1.807, 2.05) is 0 Å². The van der Waals surface area contributed by atoms with Gasteiger partial charge in [0.25, 0.3) is 0 Å². The molecule has 138 valence electrons. The molecule has 0 aliphatic carbocycles. The second kappa shape index (κ2) is 5.92. The SMILES string of the molecule is CC1(C(=O)O)NC(c2ccccc2O)[C@H]2C(=O)N(c3ccccc3)C(=O)[C@H]21. The highest BCUT2D eigenvalue weighted by Gasteiger charge is 2.67. The van der Waals surface area contributed by atoms with Crippen molar-refractivity contribution in [1.82, 2.24) is 5.32 Å². The molecule has 2 aromatic rings. The van der Waals surface area contributed by atoms with Gasteiger partial charge < -0.3 is 10.2 Å². The van der Waals surface area contributed by atoms with Crippen LogP contribution in [0, 0.1) is 11.8 Å². The summed E-state index contributed by atoms with van der Waals surface area (Å²) >= 11 is 0. The molecule has 7 nitrogen and oxygen atoms in total. The zero-order chi connectivity index (χ0) is 19.3. The van der Waals surface area contributed by atoms with Gasteiger partial charge in [-0.1, -0.05) is 36.4 Å². The Balaban J connectivity index is 1.85. The molecular weight excluding hydrogens is 348 g/mol. The Labute approximate surface area is 155 Å². The molecule has 0 radical (unpaired) electrons. The zero-order valence-corrected chi connectivity index (χ0v) is 14.5. The number of carboxylic acids is 1. The number of para-hydroxylation sites is 2. The Morgan fingerprint density at radius 1 is 1.04 bits per heavy atom. The van der Waals surface area contributed by atoms with Crippen molar-refractivity contribution in [3.05, 3.63) is 60.2 Å². The number of phenolic OH excluding ortho intramolecular Hbond substituents is 1. The van der Waals surface area contributed by atoms with Gasteiger partial charge in [-0.3, -0.25) is 19.7 Å². The second-order valence-electron chi connectivity index (χ2n) is 7.04. The van der Waals surface area contributed by atoms with E-state index in [1.54, 1.807) is 48.5 Å². The average molecular weight is 366 g/mol. The summed E-state index contributed by atoms with van der Waals surface area (Å²) in [7, 11) is 0. The molecule has 2 amide bonds. The number of anilines is 1. The van der Waals surface area contributed by atoms with E-state index >= 15 is 0 Å². The first-order valence-corrected chi connectivity index (χ1v) is 8.58. The number of carbonyl (C=O) groups excluding carboxylic acids is 2. The number of imide groups is 1. The van der Waals surface area contributed by atoms with Crippen molar-refractivity contribution in [3.63, 3.8) is 0 Å². The normalized spacial score (nSPS) is 29.8. The molecule has 2 aromatic carbocycles. The lowest BCUT2D eigenvalue weighted by molar-refractivity contribution is -0.147. The fourth-order valence-electron chi connectivity index (χ4n) is 4.18. The summed E-state index contributed by atoms with van der Waals surface area (Å²) in [5.74, 6) is -4.29. The fourth-order valence-corrected chi connectivity index (χ4v) is 4.18. The van der Waals surface area contributed by atoms with Crippen LogP contribution in [-0.2, 0) is 14.4 Å². The molecule has 0 spiro atoms. The van der Waals surface area contributed by atoms with E-state index in [-0.39, 0.29) is 5.75 Å². The number of carbonyl (C=O) groups is 3. The minimum Gasteiger partial charge on any atom is -0.508 e. The summed E-state index contributed by atoms with van der Waals surface area (Å²) in [6.45, 7) is 1.41. The van der Waals surface area contributed by atoms with E-state index in [0.717, 1.165) is 4.90 Å². The van der Waals surface area contributed by atoms with Gasteiger partial charge in [-0.2, -0.15) is 0 Å². The number of phenols is 1. The summed E-state index contributed by atoms with van der Waals surface area (Å²) in [6.07, 6.45) is 0. The number of nitrogens with one attached hydrogen (secondary N) is 1. The Bertz CT molecular complexity index is 944. The molecule has 0 saturated carbocycles. The molecule has 2 unspecified atom stereocenters. The maximum absolute atomic E-state index is 13.2. The third kappa shape index (κ3) is 2.35. The van der Waals surface area contributed by atoms with Gasteiger partial charge in [0.2, 0.25) is 11.8 Å². The first-order valence-electron chi connectivity index (χ1n) is 8.58. The van der Waals surface area contributed by atoms with E-state index in [2.05, 4.69) is 5.32 Å². The van der Waals surface area contributed by atoms with Crippen LogP contribution in [-0.4, -0.2) is 33.5 Å². The molecule has 4 rings (SSSR count). The van der Waals surface area contributed by atoms with Gasteiger partial charge in [-0.25, -0.2) is 4.90 Å². The standard InChI is InChI=1S/C20H18N2O5/c1-20(19(26)27)15-14(16(21-20)12-9-5-6-10-13(12)23)17(24)22(18(15)25)11-7-3-2-4-8-11/h2-10,14-16,21,23H,1H3,(H,26,27)/t14-,15-,16?,20?/m0/s1. The molecule has 2 aliphatic rings. The van der Waals surface area contributed by atoms with Crippen molar-refractivity contribution in [1.29, 1.82) is 0 Å². The maximum Gasteiger partial charge on any atom is 0.324 e. The minimum atomic E-state index is -1.63. The number of nitrogens with zero attached hydrogens (tertiary/aromatic N) is 1. The highest BCUT2D eigenvalue weighted by Crippen LogP contribution is 2.50. The lowest BCUT2D eigenvalue weighted by atomic mass is 9.80. The highest BCUT2D eigenvalue weighted by molar-refractivity contribution is 6.24. The lowest BCUT2D eigenvalue weighted by Crippen LogP contribution is -2.53. The van der Waals surface area contributed by atoms with Gasteiger partial charge in [0.1, 0.15) is 11.3 Å². The number of fused-ring (bicyclic) bond motifs is 1. The van der Waals surface area contributed by atoms with Crippen molar-refractivity contribution < 1.29 is 24.6 Å².